The lowest BCUT2D eigenvalue weighted by atomic mass is 10.0. The normalized spacial score (nSPS) is 17.7. The van der Waals surface area contributed by atoms with Crippen LogP contribution in [0.2, 0.25) is 0 Å². The number of hydrogen-bond donors (Lipinski definition) is 1. The molecule has 2 aromatic rings. The minimum Gasteiger partial charge on any atom is -0.496 e. The van der Waals surface area contributed by atoms with Gasteiger partial charge in [0, 0.05) is 18.3 Å². The summed E-state index contributed by atoms with van der Waals surface area (Å²) in [5, 5.41) is 6.80. The number of H-pyrrole nitrogens is 1. The van der Waals surface area contributed by atoms with E-state index in [-0.39, 0.29) is 11.9 Å². The minimum absolute atomic E-state index is 0.0728. The molecule has 5 heteroatoms. The van der Waals surface area contributed by atoms with Crippen molar-refractivity contribution in [2.45, 2.75) is 32.2 Å². The number of para-hydroxylation sites is 1. The van der Waals surface area contributed by atoms with Crippen LogP contribution < -0.4 is 4.74 Å². The molecule has 1 N–H and O–H groups in total. The van der Waals surface area contributed by atoms with Gasteiger partial charge in [-0.2, -0.15) is 5.10 Å². The summed E-state index contributed by atoms with van der Waals surface area (Å²) in [6.07, 6.45) is 4.52. The SMILES string of the molecule is COc1ccccc1CC1CCCN1C(=O)c1cn[nH]c1C. The van der Waals surface area contributed by atoms with E-state index in [1.807, 2.05) is 30.0 Å². The molecule has 3 rings (SSSR count). The molecule has 22 heavy (non-hydrogen) atoms. The van der Waals surface area contributed by atoms with Gasteiger partial charge in [0.15, 0.2) is 0 Å². The summed E-state index contributed by atoms with van der Waals surface area (Å²) in [5.74, 6) is 0.963. The lowest BCUT2D eigenvalue weighted by molar-refractivity contribution is 0.0735. The second-order valence-corrected chi connectivity index (χ2v) is 5.72. The molecule has 1 amide bonds. The van der Waals surface area contributed by atoms with E-state index in [1.165, 1.54) is 0 Å². The Labute approximate surface area is 130 Å². The Morgan fingerprint density at radius 1 is 1.45 bits per heavy atom. The Bertz CT molecular complexity index is 665. The molecule has 0 radical (unpaired) electrons. The third-order valence-electron chi connectivity index (χ3n) is 4.35. The summed E-state index contributed by atoms with van der Waals surface area (Å²) in [5.41, 5.74) is 2.65. The fraction of sp³-hybridized carbons (Fsp3) is 0.412. The van der Waals surface area contributed by atoms with E-state index in [4.69, 9.17) is 4.74 Å². The van der Waals surface area contributed by atoms with Gasteiger partial charge in [0.25, 0.3) is 5.91 Å². The number of nitrogens with zero attached hydrogens (tertiary/aromatic N) is 2. The summed E-state index contributed by atoms with van der Waals surface area (Å²) in [4.78, 5) is 14.7. The highest BCUT2D eigenvalue weighted by Gasteiger charge is 2.31. The summed E-state index contributed by atoms with van der Waals surface area (Å²) in [6, 6.07) is 8.24. The predicted octanol–water partition coefficient (Wildman–Crippen LogP) is 2.57. The van der Waals surface area contributed by atoms with Gasteiger partial charge in [-0.05, 0) is 37.8 Å². The van der Waals surface area contributed by atoms with E-state index in [2.05, 4.69) is 16.3 Å². The van der Waals surface area contributed by atoms with E-state index in [1.54, 1.807) is 13.3 Å². The smallest absolute Gasteiger partial charge is 0.257 e. The summed E-state index contributed by atoms with van der Waals surface area (Å²) in [7, 11) is 1.69. The number of aromatic nitrogens is 2. The van der Waals surface area contributed by atoms with Crippen LogP contribution in [-0.4, -0.2) is 40.7 Å². The fourth-order valence-electron chi connectivity index (χ4n) is 3.16. The van der Waals surface area contributed by atoms with Crippen molar-refractivity contribution in [3.8, 4) is 5.75 Å². The number of amides is 1. The number of methoxy groups -OCH3 is 1. The minimum atomic E-state index is 0.0728. The van der Waals surface area contributed by atoms with E-state index >= 15 is 0 Å². The van der Waals surface area contributed by atoms with Crippen molar-refractivity contribution in [2.75, 3.05) is 13.7 Å². The molecule has 0 spiro atoms. The Balaban J connectivity index is 1.79. The Kier molecular flexibility index (Phi) is 4.13. The average Bonchev–Trinajstić information content (AvgIpc) is 3.16. The molecule has 1 unspecified atom stereocenters. The van der Waals surface area contributed by atoms with Crippen molar-refractivity contribution in [1.82, 2.24) is 15.1 Å². The van der Waals surface area contributed by atoms with Crippen molar-refractivity contribution < 1.29 is 9.53 Å². The number of likely N-dealkylation sites (tertiary alicyclic amines) is 1. The molecule has 0 saturated carbocycles. The van der Waals surface area contributed by atoms with Gasteiger partial charge >= 0.3 is 0 Å². The van der Waals surface area contributed by atoms with Crippen LogP contribution in [0.15, 0.2) is 30.5 Å². The van der Waals surface area contributed by atoms with Gasteiger partial charge in [-0.3, -0.25) is 9.89 Å². The molecular weight excluding hydrogens is 278 g/mol. The summed E-state index contributed by atoms with van der Waals surface area (Å²) >= 11 is 0. The highest BCUT2D eigenvalue weighted by molar-refractivity contribution is 5.95. The maximum Gasteiger partial charge on any atom is 0.257 e. The third-order valence-corrected chi connectivity index (χ3v) is 4.35. The van der Waals surface area contributed by atoms with Crippen LogP contribution in [0.3, 0.4) is 0 Å². The van der Waals surface area contributed by atoms with Crippen molar-refractivity contribution in [3.63, 3.8) is 0 Å². The van der Waals surface area contributed by atoms with Crippen molar-refractivity contribution in [3.05, 3.63) is 47.3 Å². The first-order valence-corrected chi connectivity index (χ1v) is 7.63. The summed E-state index contributed by atoms with van der Waals surface area (Å²) < 4.78 is 5.42. The molecule has 1 atom stereocenters. The number of ether oxygens (including phenoxy) is 1. The number of carbonyl (C=O) groups is 1. The summed E-state index contributed by atoms with van der Waals surface area (Å²) in [6.45, 7) is 2.69. The standard InChI is InChI=1S/C17H21N3O2/c1-12-15(11-18-19-12)17(21)20-9-5-7-14(20)10-13-6-3-4-8-16(13)22-2/h3-4,6,8,11,14H,5,7,9-10H2,1-2H3,(H,18,19). The van der Waals surface area contributed by atoms with Crippen LogP contribution in [0.4, 0.5) is 0 Å². The van der Waals surface area contributed by atoms with Gasteiger partial charge in [-0.1, -0.05) is 18.2 Å². The fourth-order valence-corrected chi connectivity index (χ4v) is 3.16. The number of carbonyl (C=O) groups excluding carboxylic acids is 1. The second-order valence-electron chi connectivity index (χ2n) is 5.72. The van der Waals surface area contributed by atoms with Gasteiger partial charge in [-0.15, -0.1) is 0 Å². The monoisotopic (exact) mass is 299 g/mol. The van der Waals surface area contributed by atoms with E-state index < -0.39 is 0 Å². The van der Waals surface area contributed by atoms with Gasteiger partial charge in [0.05, 0.1) is 18.9 Å². The maximum absolute atomic E-state index is 12.7. The highest BCUT2D eigenvalue weighted by Crippen LogP contribution is 2.27. The van der Waals surface area contributed by atoms with E-state index in [0.717, 1.165) is 42.8 Å². The first-order chi connectivity index (χ1) is 10.7. The topological polar surface area (TPSA) is 58.2 Å². The molecule has 1 fully saturated rings. The van der Waals surface area contributed by atoms with Gasteiger partial charge in [0.1, 0.15) is 5.75 Å². The lowest BCUT2D eigenvalue weighted by Gasteiger charge is -2.25. The van der Waals surface area contributed by atoms with Gasteiger partial charge in [0.2, 0.25) is 0 Å². The zero-order valence-electron chi connectivity index (χ0n) is 13.0. The molecule has 1 aliphatic heterocycles. The zero-order valence-corrected chi connectivity index (χ0v) is 13.0. The van der Waals surface area contributed by atoms with Crippen LogP contribution in [0.1, 0.15) is 34.5 Å². The Morgan fingerprint density at radius 3 is 3.00 bits per heavy atom. The molecule has 2 heterocycles. The molecule has 1 aliphatic rings. The molecule has 116 valence electrons. The average molecular weight is 299 g/mol. The van der Waals surface area contributed by atoms with Gasteiger partial charge < -0.3 is 9.64 Å². The lowest BCUT2D eigenvalue weighted by Crippen LogP contribution is -2.37. The Morgan fingerprint density at radius 2 is 2.27 bits per heavy atom. The predicted molar refractivity (Wildman–Crippen MR) is 84.1 cm³/mol. The van der Waals surface area contributed by atoms with Crippen molar-refractivity contribution in [2.24, 2.45) is 0 Å². The first kappa shape index (κ1) is 14.6. The van der Waals surface area contributed by atoms with Crippen molar-refractivity contribution >= 4 is 5.91 Å². The Hall–Kier alpha value is -2.30. The molecule has 1 saturated heterocycles. The van der Waals surface area contributed by atoms with Crippen LogP contribution in [0.5, 0.6) is 5.75 Å². The first-order valence-electron chi connectivity index (χ1n) is 7.63. The molecule has 1 aromatic carbocycles. The van der Waals surface area contributed by atoms with E-state index in [0.29, 0.717) is 5.56 Å². The van der Waals surface area contributed by atoms with Gasteiger partial charge in [-0.25, -0.2) is 0 Å². The zero-order chi connectivity index (χ0) is 15.5. The number of aromatic amines is 1. The quantitative estimate of drug-likeness (QED) is 0.944. The van der Waals surface area contributed by atoms with E-state index in [9.17, 15) is 4.79 Å². The number of hydrogen-bond acceptors (Lipinski definition) is 3. The number of aryl methyl sites for hydroxylation is 1. The third kappa shape index (κ3) is 2.71. The highest BCUT2D eigenvalue weighted by atomic mass is 16.5. The van der Waals surface area contributed by atoms with Crippen LogP contribution in [0.25, 0.3) is 0 Å². The van der Waals surface area contributed by atoms with Crippen LogP contribution in [0, 0.1) is 6.92 Å². The van der Waals surface area contributed by atoms with Crippen LogP contribution >= 0.6 is 0 Å². The molecule has 0 aliphatic carbocycles. The number of nitrogens with one attached hydrogen (secondary N) is 1. The van der Waals surface area contributed by atoms with Crippen molar-refractivity contribution in [1.29, 1.82) is 0 Å². The molecule has 1 aromatic heterocycles. The van der Waals surface area contributed by atoms with Crippen LogP contribution in [-0.2, 0) is 6.42 Å². The second kappa shape index (κ2) is 6.22. The molecule has 0 bridgehead atoms. The number of benzene rings is 1. The molecular formula is C17H21N3O2. The molecule has 5 nitrogen and oxygen atoms in total. The largest absolute Gasteiger partial charge is 0.496 e. The number of rotatable bonds is 4. The maximum atomic E-state index is 12.7.